The Morgan fingerprint density at radius 3 is 2.44 bits per heavy atom. The molecule has 1 atom stereocenters. The molecule has 0 saturated heterocycles. The summed E-state index contributed by atoms with van der Waals surface area (Å²) in [5.74, 6) is 0. The van der Waals surface area contributed by atoms with Crippen molar-refractivity contribution in [1.82, 2.24) is 4.73 Å². The van der Waals surface area contributed by atoms with Crippen LogP contribution in [0.15, 0.2) is 24.5 Å². The van der Waals surface area contributed by atoms with Crippen LogP contribution in [0.1, 0.15) is 0 Å². The summed E-state index contributed by atoms with van der Waals surface area (Å²) in [6.45, 7) is 0. The molecule has 0 fully saturated rings. The van der Waals surface area contributed by atoms with Gasteiger partial charge in [0.1, 0.15) is 0 Å². The summed E-state index contributed by atoms with van der Waals surface area (Å²) in [6, 6.07) is 3.40. The topological polar surface area (TPSA) is 51.5 Å². The van der Waals surface area contributed by atoms with Crippen LogP contribution in [-0.4, -0.2) is 9.62 Å². The van der Waals surface area contributed by atoms with E-state index in [2.05, 4.69) is 4.62 Å². The molecule has 5 heteroatoms. The van der Waals surface area contributed by atoms with Gasteiger partial charge >= 0.3 is 8.25 Å². The van der Waals surface area contributed by atoms with Crippen LogP contribution in [0.25, 0.3) is 0 Å². The second-order valence-corrected chi connectivity index (χ2v) is 2.11. The zero-order chi connectivity index (χ0) is 6.69. The van der Waals surface area contributed by atoms with E-state index in [1.165, 1.54) is 4.73 Å². The van der Waals surface area contributed by atoms with Gasteiger partial charge in [0.05, 0.1) is 0 Å². The second-order valence-electron chi connectivity index (χ2n) is 1.40. The van der Waals surface area contributed by atoms with E-state index in [1.807, 2.05) is 0 Å². The van der Waals surface area contributed by atoms with E-state index in [9.17, 15) is 4.57 Å². The van der Waals surface area contributed by atoms with E-state index >= 15 is 0 Å². The monoisotopic (exact) mass is 147 g/mol. The highest BCUT2D eigenvalue weighted by Crippen LogP contribution is 2.08. The maximum atomic E-state index is 10.0. The van der Waals surface area contributed by atoms with Crippen molar-refractivity contribution in [2.75, 3.05) is 0 Å². The zero-order valence-corrected chi connectivity index (χ0v) is 5.52. The van der Waals surface area contributed by atoms with Crippen molar-refractivity contribution in [3.8, 4) is 0 Å². The molecular weight excluding hydrogens is 141 g/mol. The number of hydrogen-bond acceptors (Lipinski definition) is 2. The first-order valence-electron chi connectivity index (χ1n) is 2.33. The fourth-order valence-corrected chi connectivity index (χ4v) is 0.772. The van der Waals surface area contributed by atoms with Gasteiger partial charge in [0, 0.05) is 12.4 Å². The van der Waals surface area contributed by atoms with Crippen LogP contribution in [0.2, 0.25) is 0 Å². The summed E-state index contributed by atoms with van der Waals surface area (Å²) in [5.41, 5.74) is 0. The van der Waals surface area contributed by atoms with Crippen LogP contribution < -0.4 is 4.62 Å². The third-order valence-electron chi connectivity index (χ3n) is 0.761. The predicted molar refractivity (Wildman–Crippen MR) is 32.2 cm³/mol. The van der Waals surface area contributed by atoms with Crippen LogP contribution in [0.4, 0.5) is 0 Å². The largest absolute Gasteiger partial charge is 0.384 e. The minimum Gasteiger partial charge on any atom is -0.335 e. The van der Waals surface area contributed by atoms with Crippen LogP contribution in [0.3, 0.4) is 0 Å². The Labute approximate surface area is 52.6 Å². The highest BCUT2D eigenvalue weighted by molar-refractivity contribution is 7.32. The number of rotatable bonds is 2. The molecule has 0 amide bonds. The lowest BCUT2D eigenvalue weighted by Crippen LogP contribution is -1.97. The Kier molecular flexibility index (Phi) is 1.92. The molecule has 0 aliphatic rings. The van der Waals surface area contributed by atoms with E-state index in [1.54, 1.807) is 24.5 Å². The van der Waals surface area contributed by atoms with Crippen molar-refractivity contribution in [2.45, 2.75) is 0 Å². The molecule has 1 aromatic heterocycles. The van der Waals surface area contributed by atoms with Crippen molar-refractivity contribution < 1.29 is 14.1 Å². The molecule has 1 heterocycles. The number of aromatic nitrogens is 1. The molecule has 0 saturated carbocycles. The molecular formula is C4H6NO3P. The van der Waals surface area contributed by atoms with E-state index in [0.29, 0.717) is 0 Å². The van der Waals surface area contributed by atoms with Crippen molar-refractivity contribution in [2.24, 2.45) is 0 Å². The molecule has 0 spiro atoms. The Hall–Kier alpha value is -0.730. The Bertz CT molecular complexity index is 196. The third-order valence-corrected chi connectivity index (χ3v) is 1.13. The molecule has 1 N–H and O–H groups in total. The van der Waals surface area contributed by atoms with Gasteiger partial charge in [-0.15, -0.1) is 0 Å². The van der Waals surface area contributed by atoms with Gasteiger partial charge < -0.3 is 9.52 Å². The Balaban J connectivity index is 2.58. The molecule has 4 nitrogen and oxygen atoms in total. The van der Waals surface area contributed by atoms with Crippen molar-refractivity contribution >= 4 is 8.25 Å². The number of nitrogens with zero attached hydrogens (tertiary/aromatic N) is 1. The Morgan fingerprint density at radius 1 is 1.44 bits per heavy atom. The highest BCUT2D eigenvalue weighted by Gasteiger charge is 1.89. The average Bonchev–Trinajstić information content (AvgIpc) is 2.15. The minimum atomic E-state index is -2.84. The summed E-state index contributed by atoms with van der Waals surface area (Å²) in [6.07, 6.45) is 3.08. The molecule has 0 radical (unpaired) electrons. The lowest BCUT2D eigenvalue weighted by molar-refractivity contribution is 0.251. The van der Waals surface area contributed by atoms with Crippen LogP contribution >= 0.6 is 8.25 Å². The van der Waals surface area contributed by atoms with E-state index in [4.69, 9.17) is 4.89 Å². The van der Waals surface area contributed by atoms with Gasteiger partial charge in [-0.25, -0.2) is 4.57 Å². The predicted octanol–water partition coefficient (Wildman–Crippen LogP) is 0.299. The van der Waals surface area contributed by atoms with Gasteiger partial charge in [-0.05, 0) is 12.1 Å². The molecule has 50 valence electrons. The first-order chi connectivity index (χ1) is 4.29. The zero-order valence-electron chi connectivity index (χ0n) is 4.52. The summed E-state index contributed by atoms with van der Waals surface area (Å²) >= 11 is 0. The number of hydrogen-bond donors (Lipinski definition) is 1. The molecule has 1 rings (SSSR count). The smallest absolute Gasteiger partial charge is 0.335 e. The normalized spacial score (nSPS) is 13.0. The summed E-state index contributed by atoms with van der Waals surface area (Å²) in [7, 11) is -2.84. The molecule has 0 aliphatic heterocycles. The van der Waals surface area contributed by atoms with Gasteiger partial charge in [0.25, 0.3) is 0 Å². The lowest BCUT2D eigenvalue weighted by atomic mass is 10.7. The molecule has 1 unspecified atom stereocenters. The van der Waals surface area contributed by atoms with Crippen LogP contribution in [-0.2, 0) is 4.57 Å². The van der Waals surface area contributed by atoms with E-state index in [0.717, 1.165) is 0 Å². The van der Waals surface area contributed by atoms with Crippen molar-refractivity contribution in [3.05, 3.63) is 24.5 Å². The van der Waals surface area contributed by atoms with Crippen molar-refractivity contribution in [3.63, 3.8) is 0 Å². The summed E-state index contributed by atoms with van der Waals surface area (Å²) in [5, 5.41) is 0. The van der Waals surface area contributed by atoms with Gasteiger partial charge in [-0.2, -0.15) is 4.73 Å². The second kappa shape index (κ2) is 2.71. The van der Waals surface area contributed by atoms with Crippen LogP contribution in [0.5, 0.6) is 0 Å². The average molecular weight is 147 g/mol. The highest BCUT2D eigenvalue weighted by atomic mass is 31.1. The fourth-order valence-electron chi connectivity index (χ4n) is 0.470. The van der Waals surface area contributed by atoms with Crippen LogP contribution in [0, 0.1) is 0 Å². The van der Waals surface area contributed by atoms with Gasteiger partial charge in [-0.1, -0.05) is 0 Å². The first kappa shape index (κ1) is 6.39. The lowest BCUT2D eigenvalue weighted by Gasteiger charge is -1.98. The molecule has 1 aromatic rings. The first-order valence-corrected chi connectivity index (χ1v) is 3.59. The molecule has 9 heavy (non-hydrogen) atoms. The molecule has 0 bridgehead atoms. The van der Waals surface area contributed by atoms with Gasteiger partial charge in [-0.3, -0.25) is 0 Å². The maximum Gasteiger partial charge on any atom is 0.384 e. The van der Waals surface area contributed by atoms with E-state index < -0.39 is 8.25 Å². The van der Waals surface area contributed by atoms with Gasteiger partial charge in [0.15, 0.2) is 0 Å². The minimum absolute atomic E-state index is 1.18. The maximum absolute atomic E-state index is 10.0. The summed E-state index contributed by atoms with van der Waals surface area (Å²) < 4.78 is 15.6. The third kappa shape index (κ3) is 1.91. The standard InChI is InChI=1S/C4H6NO3P/c6-9(7)8-5-3-1-2-4-5/h1-4,9H,(H,6,7). The molecule has 0 aliphatic carbocycles. The van der Waals surface area contributed by atoms with Crippen molar-refractivity contribution in [1.29, 1.82) is 0 Å². The van der Waals surface area contributed by atoms with E-state index in [-0.39, 0.29) is 0 Å². The Morgan fingerprint density at radius 2 is 2.00 bits per heavy atom. The van der Waals surface area contributed by atoms with Gasteiger partial charge in [0.2, 0.25) is 0 Å². The molecule has 0 aromatic carbocycles. The SMILES string of the molecule is O=[PH](O)On1cccc1. The summed E-state index contributed by atoms with van der Waals surface area (Å²) in [4.78, 5) is 8.23. The fraction of sp³-hybridized carbons (Fsp3) is 0. The quantitative estimate of drug-likeness (QED) is 0.612.